The number of amides is 1. The molecule has 2 aromatic carbocycles. The van der Waals surface area contributed by atoms with Crippen molar-refractivity contribution in [3.05, 3.63) is 59.7 Å². The lowest BCUT2D eigenvalue weighted by atomic mass is 9.93. The number of nitrogens with one attached hydrogen (secondary N) is 2. The fourth-order valence-corrected chi connectivity index (χ4v) is 9.76. The number of carbonyl (C=O) groups excluding carboxylic acids is 1. The Morgan fingerprint density at radius 3 is 2.19 bits per heavy atom. The monoisotopic (exact) mass is 619 g/mol. The van der Waals surface area contributed by atoms with E-state index in [2.05, 4.69) is 14.9 Å². The lowest BCUT2D eigenvalue weighted by Crippen LogP contribution is -2.36. The van der Waals surface area contributed by atoms with E-state index in [0.717, 1.165) is 38.8 Å². The number of hydrogen-bond donors (Lipinski definition) is 2. The first-order chi connectivity index (χ1) is 20.0. The predicted molar refractivity (Wildman–Crippen MR) is 158 cm³/mol. The molecule has 12 heteroatoms. The normalized spacial score (nSPS) is 22.1. The molecule has 4 aliphatic rings. The smallest absolute Gasteiger partial charge is 0.269 e. The number of nitrogens with zero attached hydrogens (tertiary/aromatic N) is 1. The number of carbonyl (C=O) groups is 1. The second-order valence-corrected chi connectivity index (χ2v) is 16.4. The standard InChI is InChI=1S/C30H35F2N3O5S2/c31-28(32)20-16-25(17-20)42(39,40)34-22-8-9-26(27(19-22)35-14-12-30(10-11-30)13-15-35)29(36)33-21-4-3-7-24(18-21)41(37,38)23-5-1-2-6-23/h3-4,7-9,18-19,23,25,34H,1-2,5-6,10-17H2,(H,33,36). The fourth-order valence-electron chi connectivity index (χ4n) is 6.40. The van der Waals surface area contributed by atoms with Gasteiger partial charge in [-0.05, 0) is 98.8 Å². The van der Waals surface area contributed by atoms with Gasteiger partial charge in [0.1, 0.15) is 0 Å². The number of hydrogen-bond acceptors (Lipinski definition) is 6. The molecule has 0 bridgehead atoms. The van der Waals surface area contributed by atoms with Crippen LogP contribution < -0.4 is 14.9 Å². The van der Waals surface area contributed by atoms with E-state index in [1.165, 1.54) is 25.0 Å². The minimum Gasteiger partial charge on any atom is -0.371 e. The highest BCUT2D eigenvalue weighted by Gasteiger charge is 2.45. The number of rotatable bonds is 8. The Morgan fingerprint density at radius 2 is 1.55 bits per heavy atom. The third-order valence-corrected chi connectivity index (χ3v) is 13.4. The Labute approximate surface area is 245 Å². The summed E-state index contributed by atoms with van der Waals surface area (Å²) >= 11 is 0. The van der Waals surface area contributed by atoms with Crippen LogP contribution in [0.1, 0.15) is 74.6 Å². The van der Waals surface area contributed by atoms with Gasteiger partial charge >= 0.3 is 0 Å². The highest BCUT2D eigenvalue weighted by Crippen LogP contribution is 2.54. The number of halogens is 2. The number of anilines is 3. The van der Waals surface area contributed by atoms with Crippen molar-refractivity contribution in [2.75, 3.05) is 28.0 Å². The van der Waals surface area contributed by atoms with Gasteiger partial charge in [0.25, 0.3) is 12.0 Å². The summed E-state index contributed by atoms with van der Waals surface area (Å²) in [5, 5.41) is 1.51. The first kappa shape index (κ1) is 29.1. The minimum atomic E-state index is -3.90. The molecule has 0 unspecified atom stereocenters. The molecule has 42 heavy (non-hydrogen) atoms. The summed E-state index contributed by atoms with van der Waals surface area (Å²) in [6.45, 7) is 1.44. The molecule has 1 saturated heterocycles. The van der Waals surface area contributed by atoms with Crippen LogP contribution in [0.15, 0.2) is 59.0 Å². The maximum atomic E-state index is 13.6. The lowest BCUT2D eigenvalue weighted by Gasteiger charge is -2.35. The second-order valence-electron chi connectivity index (χ2n) is 12.2. The van der Waals surface area contributed by atoms with Crippen molar-refractivity contribution < 1.29 is 30.4 Å². The third kappa shape index (κ3) is 5.79. The average molecular weight is 620 g/mol. The minimum absolute atomic E-state index is 0.138. The Balaban J connectivity index is 1.24. The molecule has 226 valence electrons. The summed E-state index contributed by atoms with van der Waals surface area (Å²) in [7, 11) is -7.40. The van der Waals surface area contributed by atoms with Crippen LogP contribution in [0.2, 0.25) is 0 Å². The number of sulfonamides is 1. The summed E-state index contributed by atoms with van der Waals surface area (Å²) in [6.07, 6.45) is 5.21. The van der Waals surface area contributed by atoms with Gasteiger partial charge in [0.15, 0.2) is 9.84 Å². The predicted octanol–water partition coefficient (Wildman–Crippen LogP) is 6.09. The summed E-state index contributed by atoms with van der Waals surface area (Å²) in [6, 6.07) is 11.0. The van der Waals surface area contributed by atoms with Crippen LogP contribution in [-0.4, -0.2) is 46.3 Å². The van der Waals surface area contributed by atoms with Crippen LogP contribution in [-0.2, 0) is 19.9 Å². The molecule has 0 aromatic heterocycles. The molecule has 1 heterocycles. The van der Waals surface area contributed by atoms with Crippen LogP contribution in [0.5, 0.6) is 0 Å². The van der Waals surface area contributed by atoms with E-state index in [9.17, 15) is 30.4 Å². The van der Waals surface area contributed by atoms with Crippen molar-refractivity contribution in [2.45, 2.75) is 79.6 Å². The molecule has 2 aromatic rings. The van der Waals surface area contributed by atoms with E-state index in [0.29, 0.717) is 35.2 Å². The molecule has 8 nitrogen and oxygen atoms in total. The quantitative estimate of drug-likeness (QED) is 0.370. The Kier molecular flexibility index (Phi) is 7.57. The van der Waals surface area contributed by atoms with Gasteiger partial charge < -0.3 is 10.2 Å². The highest BCUT2D eigenvalue weighted by atomic mass is 32.2. The molecule has 3 saturated carbocycles. The van der Waals surface area contributed by atoms with Gasteiger partial charge in [0.05, 0.1) is 32.3 Å². The molecule has 0 radical (unpaired) electrons. The van der Waals surface area contributed by atoms with Crippen LogP contribution in [0, 0.1) is 5.41 Å². The first-order valence-electron chi connectivity index (χ1n) is 14.5. The van der Waals surface area contributed by atoms with Crippen molar-refractivity contribution in [1.82, 2.24) is 0 Å². The number of allylic oxidation sites excluding steroid dienone is 1. The van der Waals surface area contributed by atoms with Gasteiger partial charge in [-0.25, -0.2) is 16.8 Å². The van der Waals surface area contributed by atoms with E-state index >= 15 is 0 Å². The highest BCUT2D eigenvalue weighted by molar-refractivity contribution is 7.93. The van der Waals surface area contributed by atoms with E-state index in [-0.39, 0.29) is 29.0 Å². The fraction of sp³-hybridized carbons (Fsp3) is 0.500. The summed E-state index contributed by atoms with van der Waals surface area (Å²) in [5.41, 5.74) is 1.77. The van der Waals surface area contributed by atoms with Gasteiger partial charge in [-0.3, -0.25) is 9.52 Å². The summed E-state index contributed by atoms with van der Waals surface area (Å²) in [5.74, 6) is -0.436. The maximum absolute atomic E-state index is 13.6. The molecular weight excluding hydrogens is 584 g/mol. The zero-order valence-electron chi connectivity index (χ0n) is 23.2. The van der Waals surface area contributed by atoms with Crippen LogP contribution in [0.3, 0.4) is 0 Å². The SMILES string of the molecule is O=C(Nc1cccc(S(=O)(=O)C2CCCC2)c1)c1ccc(NS(=O)(=O)C2CC(=C(F)F)C2)cc1N1CCC2(CC1)CC2. The second kappa shape index (κ2) is 10.9. The average Bonchev–Trinajstić information content (AvgIpc) is 3.41. The maximum Gasteiger partial charge on any atom is 0.269 e. The summed E-state index contributed by atoms with van der Waals surface area (Å²) < 4.78 is 80.1. The summed E-state index contributed by atoms with van der Waals surface area (Å²) in [4.78, 5) is 15.9. The van der Waals surface area contributed by atoms with Crippen molar-refractivity contribution in [3.8, 4) is 0 Å². The molecule has 2 N–H and O–H groups in total. The van der Waals surface area contributed by atoms with E-state index in [4.69, 9.17) is 0 Å². The third-order valence-electron chi connectivity index (χ3n) is 9.44. The van der Waals surface area contributed by atoms with Gasteiger partial charge in [-0.1, -0.05) is 18.9 Å². The molecule has 1 aliphatic heterocycles. The van der Waals surface area contributed by atoms with Gasteiger partial charge in [0.2, 0.25) is 10.0 Å². The number of benzene rings is 2. The Bertz CT molecular complexity index is 1630. The van der Waals surface area contributed by atoms with Crippen LogP contribution >= 0.6 is 0 Å². The van der Waals surface area contributed by atoms with Gasteiger partial charge in [0, 0.05) is 18.8 Å². The molecule has 0 atom stereocenters. The van der Waals surface area contributed by atoms with E-state index < -0.39 is 42.3 Å². The number of piperidine rings is 1. The van der Waals surface area contributed by atoms with Gasteiger partial charge in [-0.15, -0.1) is 0 Å². The zero-order chi connectivity index (χ0) is 29.7. The van der Waals surface area contributed by atoms with Crippen molar-refractivity contribution in [3.63, 3.8) is 0 Å². The van der Waals surface area contributed by atoms with Crippen LogP contribution in [0.4, 0.5) is 25.8 Å². The lowest BCUT2D eigenvalue weighted by molar-refractivity contribution is 0.102. The molecular formula is C30H35F2N3O5S2. The van der Waals surface area contributed by atoms with Crippen molar-refractivity contribution in [1.29, 1.82) is 0 Å². The molecule has 1 spiro atoms. The first-order valence-corrected chi connectivity index (χ1v) is 17.6. The molecule has 3 aliphatic carbocycles. The van der Waals surface area contributed by atoms with Gasteiger partial charge in [-0.2, -0.15) is 8.78 Å². The Morgan fingerprint density at radius 1 is 0.857 bits per heavy atom. The largest absolute Gasteiger partial charge is 0.371 e. The number of sulfone groups is 1. The Hall–Kier alpha value is -2.99. The van der Waals surface area contributed by atoms with Crippen LogP contribution in [0.25, 0.3) is 0 Å². The van der Waals surface area contributed by atoms with Crippen molar-refractivity contribution in [2.24, 2.45) is 5.41 Å². The van der Waals surface area contributed by atoms with E-state index in [1.807, 2.05) is 0 Å². The molecule has 6 rings (SSSR count). The van der Waals surface area contributed by atoms with E-state index in [1.54, 1.807) is 30.3 Å². The zero-order valence-corrected chi connectivity index (χ0v) is 24.9. The van der Waals surface area contributed by atoms with Crippen molar-refractivity contribution >= 4 is 42.8 Å². The molecule has 1 amide bonds. The molecule has 4 fully saturated rings. The topological polar surface area (TPSA) is 113 Å².